The van der Waals surface area contributed by atoms with E-state index in [4.69, 9.17) is 4.98 Å². The molecule has 162 valence electrons. The van der Waals surface area contributed by atoms with Crippen LogP contribution in [-0.4, -0.2) is 15.3 Å². The van der Waals surface area contributed by atoms with Gasteiger partial charge in [-0.3, -0.25) is 0 Å². The molecule has 0 aliphatic rings. The average Bonchev–Trinajstić information content (AvgIpc) is 3.03. The van der Waals surface area contributed by atoms with Gasteiger partial charge in [0.15, 0.2) is 5.16 Å². The van der Waals surface area contributed by atoms with Gasteiger partial charge in [-0.15, -0.1) is 0 Å². The van der Waals surface area contributed by atoms with E-state index >= 15 is 0 Å². The van der Waals surface area contributed by atoms with Gasteiger partial charge in [0.25, 0.3) is 0 Å². The molecular weight excluding hydrogens is 384 g/mol. The number of benzene rings is 1. The number of hydrogen-bond donors (Lipinski definition) is 0. The minimum Gasteiger partial charge on any atom is -0.315 e. The number of aromatic nitrogens is 2. The predicted molar refractivity (Wildman–Crippen MR) is 135 cm³/mol. The molecule has 30 heavy (non-hydrogen) atoms. The first-order chi connectivity index (χ1) is 14.4. The van der Waals surface area contributed by atoms with Crippen LogP contribution in [0.1, 0.15) is 67.2 Å². The van der Waals surface area contributed by atoms with E-state index in [1.807, 2.05) is 11.8 Å². The van der Waals surface area contributed by atoms with Crippen molar-refractivity contribution in [2.75, 3.05) is 5.75 Å². The maximum absolute atomic E-state index is 4.91. The van der Waals surface area contributed by atoms with Crippen molar-refractivity contribution >= 4 is 22.8 Å². The molecule has 0 aliphatic carbocycles. The van der Waals surface area contributed by atoms with Crippen LogP contribution < -0.4 is 0 Å². The first kappa shape index (κ1) is 24.3. The van der Waals surface area contributed by atoms with Crippen LogP contribution in [0.15, 0.2) is 76.0 Å². The summed E-state index contributed by atoms with van der Waals surface area (Å²) in [5.41, 5.74) is 7.99. The molecular formula is C27H38N2S. The Hall–Kier alpha value is -2.00. The fourth-order valence-electron chi connectivity index (χ4n) is 3.23. The Kier molecular flexibility index (Phi) is 10.2. The van der Waals surface area contributed by atoms with Crippen LogP contribution in [0.4, 0.5) is 0 Å². The van der Waals surface area contributed by atoms with Gasteiger partial charge in [-0.1, -0.05) is 70.5 Å². The van der Waals surface area contributed by atoms with Crippen LogP contribution in [0.3, 0.4) is 0 Å². The molecule has 0 saturated heterocycles. The number of imidazole rings is 1. The summed E-state index contributed by atoms with van der Waals surface area (Å²) in [7, 11) is 0. The van der Waals surface area contributed by atoms with Gasteiger partial charge >= 0.3 is 0 Å². The van der Waals surface area contributed by atoms with Gasteiger partial charge in [-0.25, -0.2) is 4.98 Å². The van der Waals surface area contributed by atoms with E-state index in [2.05, 4.69) is 94.7 Å². The lowest BCUT2D eigenvalue weighted by Crippen LogP contribution is -1.99. The number of thioether (sulfide) groups is 1. The summed E-state index contributed by atoms with van der Waals surface area (Å²) in [4.78, 5) is 4.91. The summed E-state index contributed by atoms with van der Waals surface area (Å²) in [5.74, 6) is 0.966. The zero-order chi connectivity index (χ0) is 21.9. The second-order valence-electron chi connectivity index (χ2n) is 8.55. The summed E-state index contributed by atoms with van der Waals surface area (Å²) < 4.78 is 2.36. The van der Waals surface area contributed by atoms with E-state index < -0.39 is 0 Å². The van der Waals surface area contributed by atoms with E-state index in [1.54, 1.807) is 0 Å². The number of hydrogen-bond acceptors (Lipinski definition) is 2. The van der Waals surface area contributed by atoms with Crippen molar-refractivity contribution in [1.82, 2.24) is 9.55 Å². The van der Waals surface area contributed by atoms with Crippen LogP contribution in [-0.2, 0) is 6.54 Å². The number of para-hydroxylation sites is 2. The minimum atomic E-state index is 0.882. The molecule has 2 aromatic rings. The Bertz CT molecular complexity index is 933. The Labute approximate surface area is 187 Å². The number of fused-ring (bicyclic) bond motifs is 1. The van der Waals surface area contributed by atoms with Crippen LogP contribution in [0.25, 0.3) is 11.0 Å². The molecule has 1 heterocycles. The summed E-state index contributed by atoms with van der Waals surface area (Å²) in [6.07, 6.45) is 13.8. The maximum Gasteiger partial charge on any atom is 0.169 e. The normalized spacial score (nSPS) is 12.3. The lowest BCUT2D eigenvalue weighted by Gasteiger charge is -2.07. The van der Waals surface area contributed by atoms with Gasteiger partial charge < -0.3 is 4.57 Å². The van der Waals surface area contributed by atoms with E-state index in [0.29, 0.717) is 0 Å². The van der Waals surface area contributed by atoms with Gasteiger partial charge in [0.1, 0.15) is 0 Å². The SMILES string of the molecule is CC(C)=CCC/C(C)=C\CSc1nc2ccccc2n1C/C=C(/C)CCC=C(C)C. The summed E-state index contributed by atoms with van der Waals surface area (Å²) in [6, 6.07) is 8.47. The second kappa shape index (κ2) is 12.6. The van der Waals surface area contributed by atoms with Crippen LogP contribution >= 0.6 is 11.8 Å². The maximum atomic E-state index is 4.91. The molecule has 0 fully saturated rings. The highest BCUT2D eigenvalue weighted by molar-refractivity contribution is 7.99. The van der Waals surface area contributed by atoms with E-state index in [0.717, 1.165) is 48.7 Å². The highest BCUT2D eigenvalue weighted by atomic mass is 32.2. The highest BCUT2D eigenvalue weighted by Crippen LogP contribution is 2.25. The van der Waals surface area contributed by atoms with Crippen molar-refractivity contribution in [1.29, 1.82) is 0 Å². The zero-order valence-electron chi connectivity index (χ0n) is 19.7. The van der Waals surface area contributed by atoms with Gasteiger partial charge in [0.2, 0.25) is 0 Å². The average molecular weight is 423 g/mol. The molecule has 0 bridgehead atoms. The second-order valence-corrected chi connectivity index (χ2v) is 9.53. The molecule has 0 atom stereocenters. The molecule has 0 unspecified atom stereocenters. The fraction of sp³-hybridized carbons (Fsp3) is 0.444. The Balaban J connectivity index is 2.07. The molecule has 0 radical (unpaired) electrons. The first-order valence-electron chi connectivity index (χ1n) is 11.0. The molecule has 3 heteroatoms. The predicted octanol–water partition coefficient (Wildman–Crippen LogP) is 8.51. The van der Waals surface area contributed by atoms with Crippen molar-refractivity contribution in [2.24, 2.45) is 0 Å². The minimum absolute atomic E-state index is 0.882. The monoisotopic (exact) mass is 422 g/mol. The van der Waals surface area contributed by atoms with Crippen LogP contribution in [0.5, 0.6) is 0 Å². The van der Waals surface area contributed by atoms with Crippen LogP contribution in [0.2, 0.25) is 0 Å². The fourth-order valence-corrected chi connectivity index (χ4v) is 4.24. The Morgan fingerprint density at radius 1 is 0.833 bits per heavy atom. The molecule has 2 rings (SSSR count). The molecule has 2 nitrogen and oxygen atoms in total. The van der Waals surface area contributed by atoms with Crippen molar-refractivity contribution in [3.63, 3.8) is 0 Å². The standard InChI is InChI=1S/C27H38N2S/c1-21(2)11-9-13-23(5)17-19-29-26-16-8-7-15-25(26)28-27(29)30-20-18-24(6)14-10-12-22(3)4/h7-8,11-12,15-18H,9-10,13-14,19-20H2,1-6H3/b23-17-,24-18-. The summed E-state index contributed by atoms with van der Waals surface area (Å²) in [5, 5.41) is 1.11. The zero-order valence-corrected chi connectivity index (χ0v) is 20.5. The Morgan fingerprint density at radius 3 is 2.07 bits per heavy atom. The Morgan fingerprint density at radius 2 is 1.43 bits per heavy atom. The van der Waals surface area contributed by atoms with Gasteiger partial charge in [-0.2, -0.15) is 0 Å². The van der Waals surface area contributed by atoms with Gasteiger partial charge in [-0.05, 0) is 79.4 Å². The number of allylic oxidation sites excluding steroid dienone is 7. The lowest BCUT2D eigenvalue weighted by molar-refractivity contribution is 0.740. The molecule has 0 amide bonds. The molecule has 0 spiro atoms. The smallest absolute Gasteiger partial charge is 0.169 e. The quantitative estimate of drug-likeness (QED) is 0.267. The van der Waals surface area contributed by atoms with Crippen molar-refractivity contribution in [3.05, 3.63) is 70.9 Å². The molecule has 1 aromatic carbocycles. The van der Waals surface area contributed by atoms with E-state index in [9.17, 15) is 0 Å². The van der Waals surface area contributed by atoms with Crippen molar-refractivity contribution in [3.8, 4) is 0 Å². The number of rotatable bonds is 11. The third kappa shape index (κ3) is 8.39. The molecule has 1 aromatic heterocycles. The lowest BCUT2D eigenvalue weighted by atomic mass is 10.1. The van der Waals surface area contributed by atoms with Gasteiger partial charge in [0, 0.05) is 12.3 Å². The van der Waals surface area contributed by atoms with Gasteiger partial charge in [0.05, 0.1) is 11.0 Å². The van der Waals surface area contributed by atoms with Crippen molar-refractivity contribution in [2.45, 2.75) is 78.9 Å². The highest BCUT2D eigenvalue weighted by Gasteiger charge is 2.09. The summed E-state index contributed by atoms with van der Waals surface area (Å²) in [6.45, 7) is 14.0. The molecule has 0 saturated carbocycles. The topological polar surface area (TPSA) is 17.8 Å². The van der Waals surface area contributed by atoms with E-state index in [-0.39, 0.29) is 0 Å². The number of nitrogens with zero attached hydrogens (tertiary/aromatic N) is 2. The third-order valence-corrected chi connectivity index (χ3v) is 5.97. The molecule has 0 aliphatic heterocycles. The summed E-state index contributed by atoms with van der Waals surface area (Å²) >= 11 is 1.84. The van der Waals surface area contributed by atoms with Crippen LogP contribution in [0, 0.1) is 0 Å². The largest absolute Gasteiger partial charge is 0.315 e. The van der Waals surface area contributed by atoms with Crippen molar-refractivity contribution < 1.29 is 0 Å². The molecule has 0 N–H and O–H groups in total. The third-order valence-electron chi connectivity index (χ3n) is 5.07. The van der Waals surface area contributed by atoms with E-state index in [1.165, 1.54) is 27.8 Å². The first-order valence-corrected chi connectivity index (χ1v) is 12.0.